The Hall–Kier alpha value is -1.77. The average molecular weight is 441 g/mol. The summed E-state index contributed by atoms with van der Waals surface area (Å²) in [6.07, 6.45) is 5.66. The Balaban J connectivity index is 2.27. The highest BCUT2D eigenvalue weighted by Crippen LogP contribution is 2.39. The number of hydrogen-bond donors (Lipinski definition) is 2. The lowest BCUT2D eigenvalue weighted by atomic mass is 9.83. The number of hydrogen-bond acceptors (Lipinski definition) is 5. The number of carbonyl (C=O) groups excluding carboxylic acids is 4. The number of primary amides is 1. The van der Waals surface area contributed by atoms with Crippen molar-refractivity contribution in [3.05, 3.63) is 0 Å². The van der Waals surface area contributed by atoms with E-state index in [-0.39, 0.29) is 23.6 Å². The van der Waals surface area contributed by atoms with Gasteiger partial charge >= 0.3 is 0 Å². The van der Waals surface area contributed by atoms with Crippen LogP contribution in [0.5, 0.6) is 0 Å². The van der Waals surface area contributed by atoms with Crippen LogP contribution in [-0.4, -0.2) is 76.1 Å². The van der Waals surface area contributed by atoms with E-state index >= 15 is 0 Å². The van der Waals surface area contributed by atoms with E-state index in [2.05, 4.69) is 5.32 Å². The molecule has 2 saturated heterocycles. The number of nitrogens with two attached hydrogens (primary N) is 1. The second kappa shape index (κ2) is 10.5. The summed E-state index contributed by atoms with van der Waals surface area (Å²) in [5.74, 6) is -0.271. The molecule has 2 heterocycles. The molecule has 1 spiro atoms. The Kier molecular flexibility index (Phi) is 8.58. The number of nitrogens with one attached hydrogen (secondary N) is 1. The number of rotatable bonds is 9. The molecule has 0 bridgehead atoms. The van der Waals surface area contributed by atoms with E-state index in [1.165, 1.54) is 6.92 Å². The fraction of sp³-hybridized carbons (Fsp3) is 0.810. The van der Waals surface area contributed by atoms with E-state index in [0.717, 1.165) is 12.8 Å². The molecule has 3 atom stereocenters. The van der Waals surface area contributed by atoms with Gasteiger partial charge in [-0.05, 0) is 56.5 Å². The van der Waals surface area contributed by atoms with Crippen molar-refractivity contribution in [2.24, 2.45) is 11.7 Å². The fourth-order valence-electron chi connectivity index (χ4n) is 4.75. The molecule has 2 aliphatic rings. The van der Waals surface area contributed by atoms with Crippen molar-refractivity contribution in [2.45, 2.75) is 76.9 Å². The van der Waals surface area contributed by atoms with Crippen LogP contribution in [0.15, 0.2) is 0 Å². The lowest BCUT2D eigenvalue weighted by Crippen LogP contribution is -2.65. The highest BCUT2D eigenvalue weighted by atomic mass is 32.2. The first kappa shape index (κ1) is 24.5. The fourth-order valence-corrected chi connectivity index (χ4v) is 5.22. The molecule has 0 aromatic carbocycles. The van der Waals surface area contributed by atoms with Gasteiger partial charge in [-0.2, -0.15) is 11.8 Å². The van der Waals surface area contributed by atoms with Crippen molar-refractivity contribution in [1.82, 2.24) is 15.1 Å². The standard InChI is InChI=1S/C21H36N4O4S/c1-14(2)13-17(19(28)23-16(18(22)27)7-12-30-4)24-10-5-8-21(20(24)29)9-6-11-25(21)15(3)26/h14,16-17H,5-13H2,1-4H3,(H2,22,27)(H,23,28)/t16-,17-,21+/m0/s1. The predicted molar refractivity (Wildman–Crippen MR) is 118 cm³/mol. The molecular weight excluding hydrogens is 404 g/mol. The smallest absolute Gasteiger partial charge is 0.249 e. The van der Waals surface area contributed by atoms with Gasteiger partial charge in [0, 0.05) is 20.0 Å². The summed E-state index contributed by atoms with van der Waals surface area (Å²) in [4.78, 5) is 54.2. The van der Waals surface area contributed by atoms with Crippen LogP contribution in [0.1, 0.15) is 59.3 Å². The van der Waals surface area contributed by atoms with Crippen LogP contribution in [0.3, 0.4) is 0 Å². The molecule has 0 aromatic rings. The third-order valence-electron chi connectivity index (χ3n) is 6.16. The number of likely N-dealkylation sites (tertiary alicyclic amines) is 2. The molecule has 9 heteroatoms. The van der Waals surface area contributed by atoms with Gasteiger partial charge in [0.25, 0.3) is 0 Å². The molecular formula is C21H36N4O4S. The van der Waals surface area contributed by atoms with Gasteiger partial charge in [-0.25, -0.2) is 0 Å². The first-order valence-corrected chi connectivity index (χ1v) is 12.2. The van der Waals surface area contributed by atoms with Crippen molar-refractivity contribution in [1.29, 1.82) is 0 Å². The minimum atomic E-state index is -0.832. The average Bonchev–Trinajstić information content (AvgIpc) is 3.10. The van der Waals surface area contributed by atoms with Crippen molar-refractivity contribution in [2.75, 3.05) is 25.1 Å². The second-order valence-corrected chi connectivity index (χ2v) is 9.78. The van der Waals surface area contributed by atoms with Crippen molar-refractivity contribution in [3.8, 4) is 0 Å². The first-order chi connectivity index (χ1) is 14.1. The Morgan fingerprint density at radius 2 is 1.83 bits per heavy atom. The number of amides is 4. The summed E-state index contributed by atoms with van der Waals surface area (Å²) in [5, 5.41) is 2.79. The number of carbonyl (C=O) groups is 4. The molecule has 3 N–H and O–H groups in total. The van der Waals surface area contributed by atoms with Crippen LogP contribution in [0, 0.1) is 5.92 Å². The molecule has 8 nitrogen and oxygen atoms in total. The van der Waals surface area contributed by atoms with Gasteiger partial charge in [-0.1, -0.05) is 13.8 Å². The van der Waals surface area contributed by atoms with Gasteiger partial charge in [0.2, 0.25) is 23.6 Å². The Bertz CT molecular complexity index is 671. The van der Waals surface area contributed by atoms with Crippen LogP contribution < -0.4 is 11.1 Å². The number of piperidine rings is 1. The zero-order chi connectivity index (χ0) is 22.5. The number of thioether (sulfide) groups is 1. The van der Waals surface area contributed by atoms with Crippen molar-refractivity contribution < 1.29 is 19.2 Å². The van der Waals surface area contributed by atoms with Gasteiger partial charge < -0.3 is 20.9 Å². The normalized spacial score (nSPS) is 23.7. The monoisotopic (exact) mass is 440 g/mol. The van der Waals surface area contributed by atoms with E-state index in [0.29, 0.717) is 44.5 Å². The third kappa shape index (κ3) is 5.28. The van der Waals surface area contributed by atoms with Gasteiger partial charge in [-0.15, -0.1) is 0 Å². The summed E-state index contributed by atoms with van der Waals surface area (Å²) in [6, 6.07) is -1.44. The largest absolute Gasteiger partial charge is 0.368 e. The van der Waals surface area contributed by atoms with Crippen molar-refractivity contribution in [3.63, 3.8) is 0 Å². The minimum Gasteiger partial charge on any atom is -0.368 e. The van der Waals surface area contributed by atoms with Gasteiger partial charge in [-0.3, -0.25) is 19.2 Å². The maximum Gasteiger partial charge on any atom is 0.249 e. The zero-order valence-electron chi connectivity index (χ0n) is 18.6. The van der Waals surface area contributed by atoms with Crippen LogP contribution in [0.2, 0.25) is 0 Å². The number of nitrogens with zero attached hydrogens (tertiary/aromatic N) is 2. The molecule has 4 amide bonds. The highest BCUT2D eigenvalue weighted by Gasteiger charge is 2.53. The van der Waals surface area contributed by atoms with E-state index in [9.17, 15) is 19.2 Å². The quantitative estimate of drug-likeness (QED) is 0.558. The highest BCUT2D eigenvalue weighted by molar-refractivity contribution is 7.98. The topological polar surface area (TPSA) is 113 Å². The zero-order valence-corrected chi connectivity index (χ0v) is 19.4. The van der Waals surface area contributed by atoms with Crippen LogP contribution in [-0.2, 0) is 19.2 Å². The van der Waals surface area contributed by atoms with Crippen molar-refractivity contribution >= 4 is 35.4 Å². The van der Waals surface area contributed by atoms with Gasteiger partial charge in [0.05, 0.1) is 0 Å². The van der Waals surface area contributed by atoms with Gasteiger partial charge in [0.1, 0.15) is 17.6 Å². The molecule has 30 heavy (non-hydrogen) atoms. The molecule has 0 radical (unpaired) electrons. The molecule has 0 aromatic heterocycles. The Morgan fingerprint density at radius 1 is 1.20 bits per heavy atom. The van der Waals surface area contributed by atoms with E-state index in [1.807, 2.05) is 20.1 Å². The summed E-state index contributed by atoms with van der Waals surface area (Å²) in [6.45, 7) is 6.56. The van der Waals surface area contributed by atoms with E-state index < -0.39 is 23.5 Å². The molecule has 170 valence electrons. The molecule has 2 fully saturated rings. The molecule has 0 aliphatic carbocycles. The first-order valence-electron chi connectivity index (χ1n) is 10.8. The summed E-state index contributed by atoms with van der Waals surface area (Å²) >= 11 is 1.58. The predicted octanol–water partition coefficient (Wildman–Crippen LogP) is 1.13. The van der Waals surface area contributed by atoms with Gasteiger partial charge in [0.15, 0.2) is 0 Å². The van der Waals surface area contributed by atoms with Crippen LogP contribution in [0.4, 0.5) is 0 Å². The summed E-state index contributed by atoms with van der Waals surface area (Å²) in [7, 11) is 0. The lowest BCUT2D eigenvalue weighted by Gasteiger charge is -2.46. The summed E-state index contributed by atoms with van der Waals surface area (Å²) in [5.41, 5.74) is 4.66. The molecule has 2 rings (SSSR count). The molecule has 0 saturated carbocycles. The molecule has 2 aliphatic heterocycles. The maximum absolute atomic E-state index is 13.6. The van der Waals surface area contributed by atoms with E-state index in [1.54, 1.807) is 21.6 Å². The van der Waals surface area contributed by atoms with E-state index in [4.69, 9.17) is 5.73 Å². The third-order valence-corrected chi connectivity index (χ3v) is 6.81. The molecule has 0 unspecified atom stereocenters. The Labute approximate surface area is 183 Å². The maximum atomic E-state index is 13.6. The lowest BCUT2D eigenvalue weighted by molar-refractivity contribution is -0.159. The second-order valence-electron chi connectivity index (χ2n) is 8.80. The Morgan fingerprint density at radius 3 is 2.37 bits per heavy atom. The van der Waals surface area contributed by atoms with Crippen LogP contribution >= 0.6 is 11.8 Å². The van der Waals surface area contributed by atoms with Crippen LogP contribution in [0.25, 0.3) is 0 Å². The SMILES string of the molecule is CSCC[C@H](NC(=O)[C@H](CC(C)C)N1CCC[C@@]2(CCCN2C(C)=O)C1=O)C(N)=O. The summed E-state index contributed by atoms with van der Waals surface area (Å²) < 4.78 is 0. The minimum absolute atomic E-state index is 0.0987.